The number of rotatable bonds is 1. The average molecular weight is 256 g/mol. The Labute approximate surface area is 113 Å². The molecular formula is C16H20N2O. The lowest BCUT2D eigenvalue weighted by Gasteiger charge is -2.47. The zero-order chi connectivity index (χ0) is 13.6. The molecular weight excluding hydrogens is 236 g/mol. The van der Waals surface area contributed by atoms with E-state index in [4.69, 9.17) is 0 Å². The second kappa shape index (κ2) is 4.20. The summed E-state index contributed by atoms with van der Waals surface area (Å²) in [4.78, 5) is 14.6. The summed E-state index contributed by atoms with van der Waals surface area (Å²) in [5.74, 6) is 0.400. The fourth-order valence-electron chi connectivity index (χ4n) is 3.87. The molecule has 0 amide bonds. The molecule has 1 aromatic heterocycles. The number of nitrogens with one attached hydrogen (secondary N) is 2. The molecule has 2 bridgehead atoms. The van der Waals surface area contributed by atoms with Crippen LogP contribution in [0.5, 0.6) is 0 Å². The van der Waals surface area contributed by atoms with E-state index in [0.717, 1.165) is 18.5 Å². The van der Waals surface area contributed by atoms with Gasteiger partial charge in [0, 0.05) is 17.7 Å². The first-order chi connectivity index (χ1) is 9.10. The summed E-state index contributed by atoms with van der Waals surface area (Å²) in [6.07, 6.45) is 6.45. The number of aromatic nitrogens is 1. The normalized spacial score (nSPS) is 31.0. The minimum atomic E-state index is -0.143. The van der Waals surface area contributed by atoms with Gasteiger partial charge < -0.3 is 10.3 Å². The van der Waals surface area contributed by atoms with Crippen molar-refractivity contribution in [3.8, 4) is 0 Å². The molecule has 1 heterocycles. The predicted octanol–water partition coefficient (Wildman–Crippen LogP) is 2.26. The fourth-order valence-corrected chi connectivity index (χ4v) is 3.87. The minimum absolute atomic E-state index is 0.00675. The number of pyridine rings is 1. The van der Waals surface area contributed by atoms with Gasteiger partial charge in [-0.15, -0.1) is 0 Å². The van der Waals surface area contributed by atoms with Gasteiger partial charge in [-0.3, -0.25) is 4.79 Å². The lowest BCUT2D eigenvalue weighted by Crippen LogP contribution is -2.50. The van der Waals surface area contributed by atoms with Crippen LogP contribution < -0.4 is 10.9 Å². The molecule has 0 saturated heterocycles. The number of hydrogen-bond donors (Lipinski definition) is 2. The Morgan fingerprint density at radius 3 is 2.95 bits per heavy atom. The van der Waals surface area contributed by atoms with E-state index in [0.29, 0.717) is 5.92 Å². The maximum Gasteiger partial charge on any atom is 0.248 e. The van der Waals surface area contributed by atoms with Gasteiger partial charge in [-0.2, -0.15) is 0 Å². The molecule has 0 saturated carbocycles. The van der Waals surface area contributed by atoms with Crippen molar-refractivity contribution in [3.63, 3.8) is 0 Å². The second-order valence-electron chi connectivity index (χ2n) is 5.61. The summed E-state index contributed by atoms with van der Waals surface area (Å²) in [6.45, 7) is 4.31. The molecule has 19 heavy (non-hydrogen) atoms. The van der Waals surface area contributed by atoms with Crippen molar-refractivity contribution in [1.29, 1.82) is 0 Å². The first-order valence-electron chi connectivity index (χ1n) is 6.86. The molecule has 100 valence electrons. The van der Waals surface area contributed by atoms with Crippen LogP contribution in [0, 0.1) is 5.92 Å². The highest BCUT2D eigenvalue weighted by Crippen LogP contribution is 2.48. The monoisotopic (exact) mass is 256 g/mol. The van der Waals surface area contributed by atoms with Crippen LogP contribution >= 0.6 is 0 Å². The molecule has 1 aromatic rings. The number of fused-ring (bicyclic) bond motifs is 4. The van der Waals surface area contributed by atoms with Crippen LogP contribution in [0.25, 0.3) is 0 Å². The fraction of sp³-hybridized carbons (Fsp3) is 0.438. The first kappa shape index (κ1) is 12.4. The van der Waals surface area contributed by atoms with E-state index < -0.39 is 0 Å². The summed E-state index contributed by atoms with van der Waals surface area (Å²) >= 11 is 0. The first-order valence-corrected chi connectivity index (χ1v) is 6.86. The van der Waals surface area contributed by atoms with Crippen LogP contribution in [0.2, 0.25) is 0 Å². The third-order valence-corrected chi connectivity index (χ3v) is 4.54. The summed E-state index contributed by atoms with van der Waals surface area (Å²) in [6, 6.07) is 3.63. The van der Waals surface area contributed by atoms with Gasteiger partial charge in [0.25, 0.3) is 0 Å². The van der Waals surface area contributed by atoms with Crippen LogP contribution in [-0.4, -0.2) is 12.0 Å². The van der Waals surface area contributed by atoms with Gasteiger partial charge in [0.05, 0.1) is 5.54 Å². The van der Waals surface area contributed by atoms with E-state index in [1.807, 2.05) is 13.1 Å². The highest BCUT2D eigenvalue weighted by Gasteiger charge is 2.45. The Balaban J connectivity index is 2.30. The number of hydrogen-bond acceptors (Lipinski definition) is 2. The maximum atomic E-state index is 11.6. The van der Waals surface area contributed by atoms with Crippen LogP contribution in [-0.2, 0) is 12.0 Å². The van der Waals surface area contributed by atoms with Gasteiger partial charge in [0.15, 0.2) is 0 Å². The summed E-state index contributed by atoms with van der Waals surface area (Å²) < 4.78 is 0. The van der Waals surface area contributed by atoms with E-state index in [2.05, 4.69) is 36.3 Å². The Kier molecular flexibility index (Phi) is 2.75. The molecule has 3 nitrogen and oxygen atoms in total. The van der Waals surface area contributed by atoms with Gasteiger partial charge >= 0.3 is 0 Å². The van der Waals surface area contributed by atoms with E-state index in [1.165, 1.54) is 16.7 Å². The third kappa shape index (κ3) is 1.65. The van der Waals surface area contributed by atoms with Crippen molar-refractivity contribution >= 4 is 0 Å². The van der Waals surface area contributed by atoms with Crippen LogP contribution in [0.4, 0.5) is 0 Å². The Hall–Kier alpha value is -1.61. The largest absolute Gasteiger partial charge is 0.326 e. The second-order valence-corrected chi connectivity index (χ2v) is 5.61. The predicted molar refractivity (Wildman–Crippen MR) is 77.1 cm³/mol. The van der Waals surface area contributed by atoms with E-state index in [1.54, 1.807) is 6.07 Å². The number of likely N-dealkylation sites (N-methyl/N-ethyl adjacent to an activating group) is 1. The van der Waals surface area contributed by atoms with E-state index in [-0.39, 0.29) is 11.1 Å². The van der Waals surface area contributed by atoms with Crippen molar-refractivity contribution in [2.24, 2.45) is 5.92 Å². The third-order valence-electron chi connectivity index (χ3n) is 4.54. The molecule has 0 unspecified atom stereocenters. The number of allylic oxidation sites excluding steroid dienone is 2. The summed E-state index contributed by atoms with van der Waals surface area (Å²) in [5.41, 5.74) is 5.01. The highest BCUT2D eigenvalue weighted by molar-refractivity contribution is 5.49. The van der Waals surface area contributed by atoms with Gasteiger partial charge in [-0.1, -0.05) is 17.7 Å². The molecule has 2 aliphatic rings. The molecule has 0 aromatic carbocycles. The quantitative estimate of drug-likeness (QED) is 0.757. The Morgan fingerprint density at radius 2 is 2.26 bits per heavy atom. The SMILES string of the molecule is CC=C1[C@H]2C=C(C)C[C@]1(NC)c1ccc(=O)[nH]c1C2. The zero-order valence-electron chi connectivity index (χ0n) is 11.7. The zero-order valence-corrected chi connectivity index (χ0v) is 11.7. The molecule has 2 aliphatic carbocycles. The van der Waals surface area contributed by atoms with Crippen LogP contribution in [0.3, 0.4) is 0 Å². The average Bonchev–Trinajstić information content (AvgIpc) is 2.37. The van der Waals surface area contributed by atoms with Crippen molar-refractivity contribution in [3.05, 3.63) is 57.0 Å². The number of H-pyrrole nitrogens is 1. The van der Waals surface area contributed by atoms with Gasteiger partial charge in [0.1, 0.15) is 0 Å². The topological polar surface area (TPSA) is 44.9 Å². The minimum Gasteiger partial charge on any atom is -0.326 e. The number of aromatic amines is 1. The van der Waals surface area contributed by atoms with Gasteiger partial charge in [-0.25, -0.2) is 0 Å². The molecule has 0 radical (unpaired) electrons. The molecule has 3 rings (SSSR count). The van der Waals surface area contributed by atoms with Gasteiger partial charge in [0.2, 0.25) is 5.56 Å². The van der Waals surface area contributed by atoms with Crippen molar-refractivity contribution in [2.45, 2.75) is 32.2 Å². The Morgan fingerprint density at radius 1 is 1.47 bits per heavy atom. The molecule has 0 spiro atoms. The smallest absolute Gasteiger partial charge is 0.248 e. The lowest BCUT2D eigenvalue weighted by molar-refractivity contribution is 0.346. The van der Waals surface area contributed by atoms with Crippen LogP contribution in [0.15, 0.2) is 40.2 Å². The Bertz CT molecular complexity index is 638. The van der Waals surface area contributed by atoms with Crippen LogP contribution in [0.1, 0.15) is 31.5 Å². The van der Waals surface area contributed by atoms with E-state index in [9.17, 15) is 4.79 Å². The van der Waals surface area contributed by atoms with E-state index >= 15 is 0 Å². The van der Waals surface area contributed by atoms with Crippen molar-refractivity contribution in [1.82, 2.24) is 10.3 Å². The molecule has 2 N–H and O–H groups in total. The molecule has 3 heteroatoms. The maximum absolute atomic E-state index is 11.6. The standard InChI is InChI=1S/C16H20N2O/c1-4-12-11-7-10(2)9-16(12,17-3)13-5-6-15(19)18-14(13)8-11/h4-7,11,17H,8-9H2,1-3H3,(H,18,19)/t11-,16+/m0/s1. The van der Waals surface area contributed by atoms with Crippen molar-refractivity contribution in [2.75, 3.05) is 7.05 Å². The summed E-state index contributed by atoms with van der Waals surface area (Å²) in [5, 5.41) is 3.52. The van der Waals surface area contributed by atoms with Gasteiger partial charge in [-0.05, 0) is 50.9 Å². The highest BCUT2D eigenvalue weighted by atomic mass is 16.1. The molecule has 2 atom stereocenters. The molecule has 0 aliphatic heterocycles. The molecule has 0 fully saturated rings. The summed E-state index contributed by atoms with van der Waals surface area (Å²) in [7, 11) is 2.01. The lowest BCUT2D eigenvalue weighted by atomic mass is 9.63. The van der Waals surface area contributed by atoms with Crippen molar-refractivity contribution < 1.29 is 0 Å².